The van der Waals surface area contributed by atoms with Gasteiger partial charge in [-0.3, -0.25) is 0 Å². The third-order valence-electron chi connectivity index (χ3n) is 5.02. The van der Waals surface area contributed by atoms with Crippen molar-refractivity contribution in [3.05, 3.63) is 46.8 Å². The van der Waals surface area contributed by atoms with Crippen molar-refractivity contribution in [2.24, 2.45) is 4.99 Å². The summed E-state index contributed by atoms with van der Waals surface area (Å²) in [7, 11) is 0. The van der Waals surface area contributed by atoms with Gasteiger partial charge in [0.05, 0.1) is 24.9 Å². The van der Waals surface area contributed by atoms with Gasteiger partial charge in [-0.25, -0.2) is 4.99 Å². The molecule has 2 heterocycles. The third kappa shape index (κ3) is 6.49. The molecule has 1 unspecified atom stereocenters. The number of hydrogen-bond donors (Lipinski definition) is 2. The molecule has 0 amide bonds. The Labute approximate surface area is 179 Å². The van der Waals surface area contributed by atoms with E-state index in [0.29, 0.717) is 25.6 Å². The average Bonchev–Trinajstić information content (AvgIpc) is 3.41. The van der Waals surface area contributed by atoms with Gasteiger partial charge in [-0.15, -0.1) is 0 Å². The van der Waals surface area contributed by atoms with E-state index in [1.807, 2.05) is 13.0 Å². The van der Waals surface area contributed by atoms with Crippen molar-refractivity contribution < 1.29 is 14.0 Å². The summed E-state index contributed by atoms with van der Waals surface area (Å²) in [6, 6.07) is 8.23. The number of aryl methyl sites for hydroxylation is 1. The summed E-state index contributed by atoms with van der Waals surface area (Å²) in [5, 5.41) is 10.7. The molecule has 1 fully saturated rings. The minimum Gasteiger partial charge on any atom is -0.491 e. The fourth-order valence-corrected chi connectivity index (χ4v) is 3.25. The number of nitrogens with zero attached hydrogens (tertiary/aromatic N) is 2. The van der Waals surface area contributed by atoms with E-state index in [-0.39, 0.29) is 6.10 Å². The fourth-order valence-electron chi connectivity index (χ4n) is 3.25. The first kappa shape index (κ1) is 22.2. The lowest BCUT2D eigenvalue weighted by Gasteiger charge is -2.15. The van der Waals surface area contributed by atoms with Gasteiger partial charge < -0.3 is 24.6 Å². The molecule has 0 saturated carbocycles. The normalized spacial score (nSPS) is 16.8. The van der Waals surface area contributed by atoms with Crippen molar-refractivity contribution in [2.75, 3.05) is 19.8 Å². The first-order valence-electron chi connectivity index (χ1n) is 10.9. The van der Waals surface area contributed by atoms with E-state index < -0.39 is 0 Å². The van der Waals surface area contributed by atoms with Crippen molar-refractivity contribution in [1.82, 2.24) is 15.8 Å². The number of benzene rings is 1. The summed E-state index contributed by atoms with van der Waals surface area (Å²) in [4.78, 5) is 4.73. The van der Waals surface area contributed by atoms with Crippen LogP contribution in [0.4, 0.5) is 0 Å². The highest BCUT2D eigenvalue weighted by atomic mass is 16.5. The van der Waals surface area contributed by atoms with Crippen LogP contribution >= 0.6 is 0 Å². The highest BCUT2D eigenvalue weighted by Gasteiger charge is 2.17. The molecule has 3 rings (SSSR count). The highest BCUT2D eigenvalue weighted by molar-refractivity contribution is 5.79. The Morgan fingerprint density at radius 3 is 2.87 bits per heavy atom. The summed E-state index contributed by atoms with van der Waals surface area (Å²) in [6.45, 7) is 11.6. The molecule has 1 aromatic carbocycles. The Bertz CT molecular complexity index is 826. The standard InChI is InChI=1S/C23H34N4O3/c1-5-24-23(26-14-20-12-21(16(2)3)27-30-20)25-13-18-9-8-17(4)11-22(18)29-15-19-7-6-10-28-19/h8-9,11-12,16,19H,5-7,10,13-15H2,1-4H3,(H2,24,25,26). The van der Waals surface area contributed by atoms with Crippen molar-refractivity contribution in [3.63, 3.8) is 0 Å². The Morgan fingerprint density at radius 1 is 1.30 bits per heavy atom. The maximum absolute atomic E-state index is 6.09. The van der Waals surface area contributed by atoms with Crippen molar-refractivity contribution in [1.29, 1.82) is 0 Å². The predicted molar refractivity (Wildman–Crippen MR) is 118 cm³/mol. The molecule has 2 N–H and O–H groups in total. The lowest BCUT2D eigenvalue weighted by molar-refractivity contribution is 0.0676. The van der Waals surface area contributed by atoms with Crippen molar-refractivity contribution in [2.45, 2.75) is 65.6 Å². The van der Waals surface area contributed by atoms with E-state index in [2.05, 4.69) is 54.8 Å². The number of ether oxygens (including phenoxy) is 2. The van der Waals surface area contributed by atoms with Gasteiger partial charge in [0.25, 0.3) is 0 Å². The van der Waals surface area contributed by atoms with Crippen molar-refractivity contribution >= 4 is 5.96 Å². The number of aliphatic imine (C=N–C) groups is 1. The van der Waals surface area contributed by atoms with Gasteiger partial charge in [0, 0.05) is 24.8 Å². The van der Waals surface area contributed by atoms with E-state index in [1.165, 1.54) is 5.56 Å². The van der Waals surface area contributed by atoms with Crippen LogP contribution in [0.2, 0.25) is 0 Å². The first-order valence-corrected chi connectivity index (χ1v) is 10.9. The number of hydrogen-bond acceptors (Lipinski definition) is 5. The maximum Gasteiger partial charge on any atom is 0.191 e. The molecular formula is C23H34N4O3. The topological polar surface area (TPSA) is 80.9 Å². The van der Waals surface area contributed by atoms with Gasteiger partial charge in [-0.05, 0) is 44.2 Å². The van der Waals surface area contributed by atoms with Gasteiger partial charge in [0.15, 0.2) is 11.7 Å². The van der Waals surface area contributed by atoms with Gasteiger partial charge in [-0.1, -0.05) is 31.1 Å². The summed E-state index contributed by atoms with van der Waals surface area (Å²) < 4.78 is 17.2. The molecule has 1 saturated heterocycles. The summed E-state index contributed by atoms with van der Waals surface area (Å²) >= 11 is 0. The van der Waals surface area contributed by atoms with Gasteiger partial charge in [-0.2, -0.15) is 0 Å². The number of aromatic nitrogens is 1. The second-order valence-corrected chi connectivity index (χ2v) is 7.98. The van der Waals surface area contributed by atoms with E-state index in [1.54, 1.807) is 0 Å². The predicted octanol–water partition coefficient (Wildman–Crippen LogP) is 3.92. The molecule has 1 aromatic heterocycles. The van der Waals surface area contributed by atoms with Crippen LogP contribution in [0, 0.1) is 6.92 Å². The van der Waals surface area contributed by atoms with E-state index >= 15 is 0 Å². The summed E-state index contributed by atoms with van der Waals surface area (Å²) in [6.07, 6.45) is 2.37. The number of guanidine groups is 1. The van der Waals surface area contributed by atoms with Gasteiger partial charge in [0.2, 0.25) is 0 Å². The van der Waals surface area contributed by atoms with Crippen LogP contribution in [0.3, 0.4) is 0 Å². The molecule has 7 heteroatoms. The first-order chi connectivity index (χ1) is 14.5. The monoisotopic (exact) mass is 414 g/mol. The molecule has 2 aromatic rings. The minimum absolute atomic E-state index is 0.193. The SMILES string of the molecule is CCNC(=NCc1ccc(C)cc1OCC1CCCO1)NCc1cc(C(C)C)no1. The van der Waals surface area contributed by atoms with Crippen LogP contribution in [-0.2, 0) is 17.8 Å². The Hall–Kier alpha value is -2.54. The largest absolute Gasteiger partial charge is 0.491 e. The van der Waals surface area contributed by atoms with Crippen LogP contribution in [-0.4, -0.2) is 37.0 Å². The summed E-state index contributed by atoms with van der Waals surface area (Å²) in [5.74, 6) is 2.74. The van der Waals surface area contributed by atoms with Crippen LogP contribution in [0.15, 0.2) is 33.8 Å². The Kier molecular flexibility index (Phi) is 8.13. The Morgan fingerprint density at radius 2 is 2.17 bits per heavy atom. The highest BCUT2D eigenvalue weighted by Crippen LogP contribution is 2.23. The van der Waals surface area contributed by atoms with Crippen LogP contribution in [0.1, 0.15) is 62.1 Å². The molecule has 7 nitrogen and oxygen atoms in total. The Balaban J connectivity index is 1.62. The molecule has 1 aliphatic rings. The van der Waals surface area contributed by atoms with Crippen LogP contribution in [0.25, 0.3) is 0 Å². The molecule has 0 aliphatic carbocycles. The van der Waals surface area contributed by atoms with E-state index in [9.17, 15) is 0 Å². The fraction of sp³-hybridized carbons (Fsp3) is 0.565. The number of rotatable bonds is 9. The molecule has 30 heavy (non-hydrogen) atoms. The van der Waals surface area contributed by atoms with Crippen LogP contribution in [0.5, 0.6) is 5.75 Å². The number of nitrogens with one attached hydrogen (secondary N) is 2. The third-order valence-corrected chi connectivity index (χ3v) is 5.02. The quantitative estimate of drug-likeness (QED) is 0.478. The maximum atomic E-state index is 6.09. The molecule has 0 radical (unpaired) electrons. The molecular weight excluding hydrogens is 380 g/mol. The molecule has 1 aliphatic heterocycles. The van der Waals surface area contributed by atoms with Gasteiger partial charge >= 0.3 is 0 Å². The van der Waals surface area contributed by atoms with Crippen LogP contribution < -0.4 is 15.4 Å². The van der Waals surface area contributed by atoms with Gasteiger partial charge in [0.1, 0.15) is 12.4 Å². The lowest BCUT2D eigenvalue weighted by atomic mass is 10.1. The second-order valence-electron chi connectivity index (χ2n) is 7.98. The molecule has 0 bridgehead atoms. The second kappa shape index (κ2) is 11.0. The van der Waals surface area contributed by atoms with Crippen molar-refractivity contribution in [3.8, 4) is 5.75 Å². The minimum atomic E-state index is 0.193. The average molecular weight is 415 g/mol. The molecule has 164 valence electrons. The lowest BCUT2D eigenvalue weighted by Crippen LogP contribution is -2.36. The zero-order valence-corrected chi connectivity index (χ0v) is 18.5. The molecule has 1 atom stereocenters. The zero-order valence-electron chi connectivity index (χ0n) is 18.5. The molecule has 0 spiro atoms. The van der Waals surface area contributed by atoms with E-state index in [0.717, 1.165) is 54.7 Å². The zero-order chi connectivity index (χ0) is 21.3. The smallest absolute Gasteiger partial charge is 0.191 e. The van der Waals surface area contributed by atoms with E-state index in [4.69, 9.17) is 19.0 Å². The summed E-state index contributed by atoms with van der Waals surface area (Å²) in [5.41, 5.74) is 3.18.